The van der Waals surface area contributed by atoms with E-state index in [1.807, 2.05) is 36.9 Å². The van der Waals surface area contributed by atoms with Crippen molar-refractivity contribution in [3.8, 4) is 34.7 Å². The van der Waals surface area contributed by atoms with E-state index in [9.17, 15) is 15.2 Å². The smallest absolute Gasteiger partial charge is 0.258 e. The summed E-state index contributed by atoms with van der Waals surface area (Å²) < 4.78 is 11.3. The van der Waals surface area contributed by atoms with E-state index in [0.717, 1.165) is 24.0 Å². The second-order valence-electron chi connectivity index (χ2n) is 10.4. The summed E-state index contributed by atoms with van der Waals surface area (Å²) in [7, 11) is 3.46. The van der Waals surface area contributed by atoms with Gasteiger partial charge in [-0.15, -0.1) is 0 Å². The van der Waals surface area contributed by atoms with Crippen molar-refractivity contribution < 1.29 is 19.2 Å². The van der Waals surface area contributed by atoms with Crippen LogP contribution in [0, 0.1) is 11.3 Å². The molecule has 1 amide bonds. The van der Waals surface area contributed by atoms with Crippen LogP contribution >= 0.6 is 0 Å². The van der Waals surface area contributed by atoms with Crippen LogP contribution in [0.25, 0.3) is 22.8 Å². The fraction of sp³-hybridized carbons (Fsp3) is 0.429. The van der Waals surface area contributed by atoms with Gasteiger partial charge in [-0.05, 0) is 62.4 Å². The molecule has 1 N–H and O–H groups in total. The number of likely N-dealkylation sites (N-methyl/N-ethyl adjacent to an activating group) is 1. The van der Waals surface area contributed by atoms with Crippen LogP contribution in [-0.4, -0.2) is 70.5 Å². The predicted molar refractivity (Wildman–Crippen MR) is 137 cm³/mol. The minimum Gasteiger partial charge on any atom is -0.490 e. The monoisotopic (exact) mass is 501 g/mol. The Morgan fingerprint density at radius 3 is 2.89 bits per heavy atom. The number of carbonyl (C=O) groups is 1. The number of hydrogen-bond acceptors (Lipinski definition) is 8. The Balaban J connectivity index is 1.42. The largest absolute Gasteiger partial charge is 0.490 e. The molecule has 192 valence electrons. The van der Waals surface area contributed by atoms with Gasteiger partial charge in [-0.3, -0.25) is 9.69 Å². The summed E-state index contributed by atoms with van der Waals surface area (Å²) >= 11 is 0. The van der Waals surface area contributed by atoms with E-state index in [-0.39, 0.29) is 24.0 Å². The van der Waals surface area contributed by atoms with Gasteiger partial charge in [0.05, 0.1) is 18.2 Å². The summed E-state index contributed by atoms with van der Waals surface area (Å²) in [6, 6.07) is 13.5. The first-order valence-corrected chi connectivity index (χ1v) is 12.5. The zero-order valence-corrected chi connectivity index (χ0v) is 21.6. The van der Waals surface area contributed by atoms with Crippen LogP contribution in [-0.2, 0) is 16.6 Å². The summed E-state index contributed by atoms with van der Waals surface area (Å²) in [4.78, 5) is 20.4. The second-order valence-corrected chi connectivity index (χ2v) is 10.4. The number of rotatable bonds is 6. The van der Waals surface area contributed by atoms with Gasteiger partial charge < -0.3 is 19.3 Å². The lowest BCUT2D eigenvalue weighted by atomic mass is 9.80. The highest BCUT2D eigenvalue weighted by Crippen LogP contribution is 2.49. The van der Waals surface area contributed by atoms with Gasteiger partial charge in [0.25, 0.3) is 5.89 Å². The second kappa shape index (κ2) is 9.61. The van der Waals surface area contributed by atoms with Crippen molar-refractivity contribution in [3.63, 3.8) is 0 Å². The molecule has 2 heterocycles. The number of fused-ring (bicyclic) bond motifs is 2. The van der Waals surface area contributed by atoms with E-state index in [1.165, 1.54) is 5.56 Å². The number of aromatic nitrogens is 2. The molecule has 0 bridgehead atoms. The summed E-state index contributed by atoms with van der Waals surface area (Å²) in [5.74, 6) is 1.32. The molecule has 3 aromatic rings. The molecular formula is C28H31N5O4. The van der Waals surface area contributed by atoms with Gasteiger partial charge in [0.15, 0.2) is 0 Å². The Morgan fingerprint density at radius 2 is 2.16 bits per heavy atom. The minimum absolute atomic E-state index is 0.0224. The standard InChI is InChI=1S/C28H31N5O4/c1-17(2)36-23-9-8-18(12-19(23)14-29)27-30-26(31-37-27)21-6-5-7-22-20(21)10-11-28(22)13-24(34)33(16-28)15-25(35)32(3)4/h5-9,12,17,24,34H,10-11,13,15-16H2,1-4H3. The van der Waals surface area contributed by atoms with Crippen LogP contribution in [0.3, 0.4) is 0 Å². The number of aliphatic hydroxyl groups is 1. The lowest BCUT2D eigenvalue weighted by Gasteiger charge is -2.25. The van der Waals surface area contributed by atoms with Gasteiger partial charge in [-0.2, -0.15) is 10.2 Å². The normalized spacial score (nSPS) is 20.8. The van der Waals surface area contributed by atoms with Gasteiger partial charge in [-0.1, -0.05) is 23.4 Å². The number of hydrogen-bond donors (Lipinski definition) is 1. The molecule has 0 saturated carbocycles. The molecular weight excluding hydrogens is 470 g/mol. The van der Waals surface area contributed by atoms with Crippen LogP contribution in [0.5, 0.6) is 5.75 Å². The zero-order chi connectivity index (χ0) is 26.3. The maximum absolute atomic E-state index is 12.3. The predicted octanol–water partition coefficient (Wildman–Crippen LogP) is 3.36. The zero-order valence-electron chi connectivity index (χ0n) is 21.6. The van der Waals surface area contributed by atoms with Crippen molar-refractivity contribution in [1.82, 2.24) is 19.9 Å². The average molecular weight is 502 g/mol. The molecule has 1 aliphatic carbocycles. The van der Waals surface area contributed by atoms with Crippen molar-refractivity contribution in [2.24, 2.45) is 0 Å². The SMILES string of the molecule is CC(C)Oc1ccc(-c2nc(-c3cccc4c3CCC43CC(O)N(CC(=O)N(C)C)C3)no2)cc1C#N. The van der Waals surface area contributed by atoms with E-state index in [2.05, 4.69) is 22.3 Å². The Bertz CT molecular complexity index is 1380. The minimum atomic E-state index is -0.660. The highest BCUT2D eigenvalue weighted by Gasteiger charge is 2.49. The molecule has 2 unspecified atom stereocenters. The van der Waals surface area contributed by atoms with Gasteiger partial charge in [0.1, 0.15) is 18.0 Å². The van der Waals surface area contributed by atoms with Crippen LogP contribution in [0.4, 0.5) is 0 Å². The highest BCUT2D eigenvalue weighted by atomic mass is 16.5. The first kappa shape index (κ1) is 24.9. The van der Waals surface area contributed by atoms with Gasteiger partial charge in [0, 0.05) is 37.2 Å². The van der Waals surface area contributed by atoms with Crippen LogP contribution in [0.15, 0.2) is 40.9 Å². The summed E-state index contributed by atoms with van der Waals surface area (Å²) in [6.07, 6.45) is 1.60. The number of aliphatic hydroxyl groups excluding tert-OH is 1. The highest BCUT2D eigenvalue weighted by molar-refractivity contribution is 5.77. The van der Waals surface area contributed by atoms with Gasteiger partial charge in [-0.25, -0.2) is 0 Å². The van der Waals surface area contributed by atoms with Crippen molar-refractivity contribution >= 4 is 5.91 Å². The lowest BCUT2D eigenvalue weighted by Crippen LogP contribution is -2.40. The Morgan fingerprint density at radius 1 is 1.35 bits per heavy atom. The molecule has 2 aromatic carbocycles. The molecule has 0 radical (unpaired) electrons. The van der Waals surface area contributed by atoms with Crippen molar-refractivity contribution in [2.45, 2.75) is 50.9 Å². The van der Waals surface area contributed by atoms with Gasteiger partial charge >= 0.3 is 0 Å². The van der Waals surface area contributed by atoms with Crippen molar-refractivity contribution in [3.05, 3.63) is 53.1 Å². The van der Waals surface area contributed by atoms with E-state index in [4.69, 9.17) is 9.26 Å². The third-order valence-electron chi connectivity index (χ3n) is 7.32. The number of benzene rings is 2. The number of amides is 1. The topological polar surface area (TPSA) is 116 Å². The molecule has 5 rings (SSSR count). The lowest BCUT2D eigenvalue weighted by molar-refractivity contribution is -0.131. The van der Waals surface area contributed by atoms with Crippen LogP contribution in [0.2, 0.25) is 0 Å². The molecule has 1 spiro atoms. The number of nitriles is 1. The maximum Gasteiger partial charge on any atom is 0.258 e. The number of ether oxygens (including phenoxy) is 1. The molecule has 1 aliphatic heterocycles. The Hall–Kier alpha value is -3.74. The molecule has 1 fully saturated rings. The average Bonchev–Trinajstić information content (AvgIpc) is 3.57. The summed E-state index contributed by atoms with van der Waals surface area (Å²) in [5.41, 5.74) is 4.08. The van der Waals surface area contributed by atoms with E-state index >= 15 is 0 Å². The fourth-order valence-corrected chi connectivity index (χ4v) is 5.51. The molecule has 2 aliphatic rings. The van der Waals surface area contributed by atoms with Crippen molar-refractivity contribution in [2.75, 3.05) is 27.2 Å². The number of carbonyl (C=O) groups excluding carboxylic acids is 1. The third kappa shape index (κ3) is 4.59. The van der Waals surface area contributed by atoms with Crippen molar-refractivity contribution in [1.29, 1.82) is 5.26 Å². The summed E-state index contributed by atoms with van der Waals surface area (Å²) in [5, 5.41) is 24.6. The number of likely N-dealkylation sites (tertiary alicyclic amines) is 1. The first-order chi connectivity index (χ1) is 17.7. The quantitative estimate of drug-likeness (QED) is 0.547. The molecule has 37 heavy (non-hydrogen) atoms. The van der Waals surface area contributed by atoms with Crippen LogP contribution in [0.1, 0.15) is 43.4 Å². The Labute approximate surface area is 216 Å². The molecule has 1 aromatic heterocycles. The van der Waals surface area contributed by atoms with E-state index in [1.54, 1.807) is 31.1 Å². The molecule has 9 heteroatoms. The first-order valence-electron chi connectivity index (χ1n) is 12.5. The third-order valence-corrected chi connectivity index (χ3v) is 7.32. The number of nitrogens with zero attached hydrogens (tertiary/aromatic N) is 5. The van der Waals surface area contributed by atoms with Gasteiger partial charge in [0.2, 0.25) is 11.7 Å². The van der Waals surface area contributed by atoms with E-state index < -0.39 is 6.23 Å². The molecule has 1 saturated heterocycles. The molecule has 2 atom stereocenters. The van der Waals surface area contributed by atoms with Crippen LogP contribution < -0.4 is 4.74 Å². The maximum atomic E-state index is 12.3. The Kier molecular flexibility index (Phi) is 6.48. The van der Waals surface area contributed by atoms with E-state index in [0.29, 0.717) is 41.6 Å². The fourth-order valence-electron chi connectivity index (χ4n) is 5.51. The summed E-state index contributed by atoms with van der Waals surface area (Å²) in [6.45, 7) is 4.65. The molecule has 9 nitrogen and oxygen atoms in total.